The number of hydrogen-bond donors (Lipinski definition) is 1. The van der Waals surface area contributed by atoms with Gasteiger partial charge in [0.25, 0.3) is 0 Å². The summed E-state index contributed by atoms with van der Waals surface area (Å²) in [4.78, 5) is 51.1. The normalized spacial score (nSPS) is 17.6. The van der Waals surface area contributed by atoms with Crippen molar-refractivity contribution < 1.29 is 33.1 Å². The molecule has 0 fully saturated rings. The molecule has 1 N–H and O–H groups in total. The lowest BCUT2D eigenvalue weighted by atomic mass is 10.0. The summed E-state index contributed by atoms with van der Waals surface area (Å²) in [6.45, 7) is 5.09. The number of nitrogens with zero attached hydrogens (tertiary/aromatic N) is 1. The van der Waals surface area contributed by atoms with Gasteiger partial charge < -0.3 is 19.2 Å². The van der Waals surface area contributed by atoms with Crippen LogP contribution < -0.4 is 5.32 Å². The molecule has 1 aromatic rings. The molecule has 0 aliphatic carbocycles. The van der Waals surface area contributed by atoms with Crippen molar-refractivity contribution in [2.45, 2.75) is 27.3 Å². The predicted molar refractivity (Wildman–Crippen MR) is 93.4 cm³/mol. The lowest BCUT2D eigenvalue weighted by Crippen LogP contribution is -2.31. The smallest absolute Gasteiger partial charge is 0.396 e. The van der Waals surface area contributed by atoms with E-state index in [1.807, 2.05) is 0 Å². The van der Waals surface area contributed by atoms with Crippen LogP contribution in [0.4, 0.5) is 0 Å². The average molecular weight is 376 g/mol. The van der Waals surface area contributed by atoms with Crippen LogP contribution in [0.1, 0.15) is 32.3 Å². The first-order valence-electron chi connectivity index (χ1n) is 8.38. The Bertz CT molecular complexity index is 819. The number of hydrogen-bond acceptors (Lipinski definition) is 8. The van der Waals surface area contributed by atoms with Gasteiger partial charge in [-0.1, -0.05) is 0 Å². The van der Waals surface area contributed by atoms with Crippen LogP contribution in [0.3, 0.4) is 0 Å². The first kappa shape index (κ1) is 20.1. The fourth-order valence-corrected chi connectivity index (χ4v) is 2.39. The number of ketones is 1. The molecular weight excluding hydrogens is 356 g/mol. The highest BCUT2D eigenvalue weighted by atomic mass is 16.5. The molecular formula is C18H20N2O7. The molecule has 0 radical (unpaired) electrons. The van der Waals surface area contributed by atoms with Gasteiger partial charge in [0.15, 0.2) is 5.92 Å². The van der Waals surface area contributed by atoms with Crippen molar-refractivity contribution in [3.8, 4) is 0 Å². The van der Waals surface area contributed by atoms with Crippen LogP contribution in [-0.4, -0.2) is 42.6 Å². The topological polar surface area (TPSA) is 124 Å². The summed E-state index contributed by atoms with van der Waals surface area (Å²) >= 11 is 0. The summed E-state index contributed by atoms with van der Waals surface area (Å²) in [5, 5.41) is 2.36. The van der Waals surface area contributed by atoms with Gasteiger partial charge in [-0.3, -0.25) is 19.4 Å². The number of carbonyl (C=O) groups is 4. The van der Waals surface area contributed by atoms with E-state index < -0.39 is 29.5 Å². The van der Waals surface area contributed by atoms with E-state index in [9.17, 15) is 19.2 Å². The average Bonchev–Trinajstić information content (AvgIpc) is 3.17. The Balaban J connectivity index is 2.03. The van der Waals surface area contributed by atoms with E-state index in [-0.39, 0.29) is 25.5 Å². The lowest BCUT2D eigenvalue weighted by Gasteiger charge is -2.06. The minimum Gasteiger partial charge on any atom is -0.465 e. The zero-order chi connectivity index (χ0) is 20.0. The highest BCUT2D eigenvalue weighted by Crippen LogP contribution is 2.24. The molecule has 1 aliphatic rings. The molecule has 0 saturated carbocycles. The number of nitrogens with one attached hydrogen (secondary N) is 1. The van der Waals surface area contributed by atoms with E-state index in [1.165, 1.54) is 6.08 Å². The van der Waals surface area contributed by atoms with E-state index in [2.05, 4.69) is 15.0 Å². The molecule has 144 valence electrons. The zero-order valence-corrected chi connectivity index (χ0v) is 15.2. The molecule has 27 heavy (non-hydrogen) atoms. The van der Waals surface area contributed by atoms with Crippen molar-refractivity contribution in [1.29, 1.82) is 0 Å². The Hall–Kier alpha value is -3.23. The number of esters is 2. The van der Waals surface area contributed by atoms with Crippen LogP contribution in [0, 0.1) is 5.92 Å². The zero-order valence-electron chi connectivity index (χ0n) is 15.2. The number of allylic oxidation sites excluding steroid dienone is 1. The van der Waals surface area contributed by atoms with E-state index in [4.69, 9.17) is 9.15 Å². The molecule has 9 nitrogen and oxygen atoms in total. The first-order valence-corrected chi connectivity index (χ1v) is 8.38. The summed E-state index contributed by atoms with van der Waals surface area (Å²) in [5.41, 5.74) is 0.445. The van der Waals surface area contributed by atoms with Crippen molar-refractivity contribution in [1.82, 2.24) is 5.32 Å². The van der Waals surface area contributed by atoms with Crippen LogP contribution in [0.2, 0.25) is 0 Å². The molecule has 1 aliphatic heterocycles. The fourth-order valence-electron chi connectivity index (χ4n) is 2.39. The van der Waals surface area contributed by atoms with Crippen LogP contribution in [0.25, 0.3) is 6.08 Å². The van der Waals surface area contributed by atoms with Gasteiger partial charge in [-0.05, 0) is 32.9 Å². The van der Waals surface area contributed by atoms with Crippen molar-refractivity contribution in [3.05, 3.63) is 29.4 Å². The van der Waals surface area contributed by atoms with Crippen molar-refractivity contribution in [2.75, 3.05) is 13.2 Å². The van der Waals surface area contributed by atoms with Gasteiger partial charge in [-0.2, -0.15) is 0 Å². The first-order chi connectivity index (χ1) is 12.9. The monoisotopic (exact) mass is 376 g/mol. The Kier molecular flexibility index (Phi) is 6.64. The van der Waals surface area contributed by atoms with Gasteiger partial charge in [0, 0.05) is 11.8 Å². The predicted octanol–water partition coefficient (Wildman–Crippen LogP) is 1.02. The second-order valence-electron chi connectivity index (χ2n) is 5.54. The highest BCUT2D eigenvalue weighted by Gasteiger charge is 2.38. The molecule has 0 spiro atoms. The molecule has 0 saturated heterocycles. The lowest BCUT2D eigenvalue weighted by molar-refractivity contribution is -0.154. The van der Waals surface area contributed by atoms with E-state index in [0.717, 1.165) is 0 Å². The molecule has 2 heterocycles. The summed E-state index contributed by atoms with van der Waals surface area (Å²) < 4.78 is 14.9. The molecule has 0 aromatic carbocycles. The molecule has 1 aromatic heterocycles. The second-order valence-corrected chi connectivity index (χ2v) is 5.54. The van der Waals surface area contributed by atoms with Crippen LogP contribution >= 0.6 is 0 Å². The number of rotatable bonds is 6. The minimum absolute atomic E-state index is 0.0253. The van der Waals surface area contributed by atoms with Crippen molar-refractivity contribution >= 4 is 35.4 Å². The summed E-state index contributed by atoms with van der Waals surface area (Å²) in [5.74, 6) is -3.29. The molecule has 9 heteroatoms. The molecule has 0 bridgehead atoms. The molecule has 1 atom stereocenters. The highest BCUT2D eigenvalue weighted by molar-refractivity contribution is 6.32. The summed E-state index contributed by atoms with van der Waals surface area (Å²) in [7, 11) is 0. The van der Waals surface area contributed by atoms with E-state index >= 15 is 0 Å². The fraction of sp³-hybridized carbons (Fsp3) is 0.389. The maximum absolute atomic E-state index is 12.4. The molecule has 1 amide bonds. The second kappa shape index (κ2) is 8.93. The van der Waals surface area contributed by atoms with Crippen LogP contribution in [0.15, 0.2) is 27.2 Å². The summed E-state index contributed by atoms with van der Waals surface area (Å²) in [6.07, 6.45) is 1.40. The van der Waals surface area contributed by atoms with Gasteiger partial charge in [0.1, 0.15) is 17.2 Å². The Labute approximate surface area is 155 Å². The van der Waals surface area contributed by atoms with Crippen LogP contribution in [0.5, 0.6) is 0 Å². The Morgan fingerprint density at radius 1 is 1.22 bits per heavy atom. The molecule has 1 unspecified atom stereocenters. The third-order valence-corrected chi connectivity index (χ3v) is 3.60. The van der Waals surface area contributed by atoms with Gasteiger partial charge in [0.05, 0.1) is 19.8 Å². The largest absolute Gasteiger partial charge is 0.465 e. The minimum atomic E-state index is -1.03. The van der Waals surface area contributed by atoms with Gasteiger partial charge in [-0.25, -0.2) is 4.79 Å². The number of ether oxygens (including phenoxy) is 2. The standard InChI is InChI=1S/C18H20N2O7/c1-4-25-17(23)14-10(3)20-13(15(14)21)8-11-6-7-12(27-11)9-19-16(22)18(24)26-5-2/h6-8,14H,4-5,9H2,1-3H3,(H,19,22)/b13-8-. The van der Waals surface area contributed by atoms with E-state index in [0.29, 0.717) is 17.2 Å². The number of amides is 1. The number of Topliss-reactive ketones (excluding diaryl/α,β-unsaturated/α-hetero) is 1. The maximum atomic E-state index is 12.4. The maximum Gasteiger partial charge on any atom is 0.396 e. The van der Waals surface area contributed by atoms with E-state index in [1.54, 1.807) is 32.9 Å². The van der Waals surface area contributed by atoms with Crippen molar-refractivity contribution in [2.24, 2.45) is 10.9 Å². The van der Waals surface area contributed by atoms with Crippen molar-refractivity contribution in [3.63, 3.8) is 0 Å². The van der Waals surface area contributed by atoms with Gasteiger partial charge >= 0.3 is 17.8 Å². The number of carbonyl (C=O) groups excluding carboxylic acids is 4. The summed E-state index contributed by atoms with van der Waals surface area (Å²) in [6, 6.07) is 3.16. The molecule has 2 rings (SSSR count). The number of furan rings is 1. The third kappa shape index (κ3) is 4.90. The quantitative estimate of drug-likeness (QED) is 0.340. The number of aliphatic imine (C=N–C) groups is 1. The third-order valence-electron chi connectivity index (χ3n) is 3.60. The van der Waals surface area contributed by atoms with Gasteiger partial charge in [-0.15, -0.1) is 0 Å². The van der Waals surface area contributed by atoms with Gasteiger partial charge in [0.2, 0.25) is 5.78 Å². The Morgan fingerprint density at radius 2 is 1.93 bits per heavy atom. The van der Waals surface area contributed by atoms with Crippen LogP contribution in [-0.2, 0) is 35.2 Å². The SMILES string of the molecule is CCOC(=O)C(=O)NCc1ccc(/C=C2\N=C(C)C(C(=O)OCC)C2=O)o1. The Morgan fingerprint density at radius 3 is 2.59 bits per heavy atom.